The predicted octanol–water partition coefficient (Wildman–Crippen LogP) is 2.91. The topological polar surface area (TPSA) is 62.0 Å². The van der Waals surface area contributed by atoms with Crippen LogP contribution in [0.25, 0.3) is 0 Å². The van der Waals surface area contributed by atoms with Crippen LogP contribution in [0.1, 0.15) is 5.56 Å². The number of aromatic nitrogens is 1. The lowest BCUT2D eigenvalue weighted by atomic mass is 10.4. The van der Waals surface area contributed by atoms with Crippen molar-refractivity contribution in [2.75, 3.05) is 0 Å². The van der Waals surface area contributed by atoms with Crippen molar-refractivity contribution in [3.05, 3.63) is 51.7 Å². The molecule has 0 spiro atoms. The van der Waals surface area contributed by atoms with Gasteiger partial charge in [0.15, 0.2) is 0 Å². The van der Waals surface area contributed by atoms with E-state index in [1.54, 1.807) is 18.5 Å². The van der Waals surface area contributed by atoms with Crippen molar-refractivity contribution in [3.8, 4) is 0 Å². The number of aromatic amines is 1. The highest BCUT2D eigenvalue weighted by atomic mass is 79.9. The quantitative estimate of drug-likeness (QED) is 0.891. The average Bonchev–Trinajstić information content (AvgIpc) is 2.83. The van der Waals surface area contributed by atoms with Crippen molar-refractivity contribution < 1.29 is 8.42 Å². The van der Waals surface area contributed by atoms with Crippen LogP contribution < -0.4 is 4.72 Å². The van der Waals surface area contributed by atoms with Gasteiger partial charge in [0.05, 0.1) is 9.92 Å². The summed E-state index contributed by atoms with van der Waals surface area (Å²) in [5.41, 5.74) is 0.867. The van der Waals surface area contributed by atoms with Gasteiger partial charge in [0.1, 0.15) is 0 Å². The lowest BCUT2D eigenvalue weighted by molar-refractivity contribution is 0.581. The highest BCUT2D eigenvalue weighted by Crippen LogP contribution is 2.25. The standard InChI is InChI=1S/C11H10BrClN2O2S/c12-10-5-9(1-2-11(10)13)18(16,17)15-7-8-3-4-14-6-8/h1-6,14-15H,7H2. The fourth-order valence-corrected chi connectivity index (χ4v) is 3.07. The fraction of sp³-hybridized carbons (Fsp3) is 0.0909. The summed E-state index contributed by atoms with van der Waals surface area (Å²) in [6, 6.07) is 6.28. The van der Waals surface area contributed by atoms with Crippen molar-refractivity contribution in [1.82, 2.24) is 9.71 Å². The third-order valence-electron chi connectivity index (χ3n) is 2.33. The number of rotatable bonds is 4. The van der Waals surface area contributed by atoms with E-state index in [1.165, 1.54) is 18.2 Å². The molecule has 0 radical (unpaired) electrons. The Morgan fingerprint density at radius 1 is 1.33 bits per heavy atom. The first-order chi connectivity index (χ1) is 8.49. The lowest BCUT2D eigenvalue weighted by Crippen LogP contribution is -2.23. The van der Waals surface area contributed by atoms with Gasteiger partial charge in [-0.2, -0.15) is 0 Å². The molecule has 0 atom stereocenters. The van der Waals surface area contributed by atoms with Crippen LogP contribution in [-0.4, -0.2) is 13.4 Å². The Hall–Kier alpha value is -0.820. The first-order valence-electron chi connectivity index (χ1n) is 5.05. The second-order valence-electron chi connectivity index (χ2n) is 3.62. The number of nitrogens with one attached hydrogen (secondary N) is 2. The average molecular weight is 350 g/mol. The largest absolute Gasteiger partial charge is 0.367 e. The molecule has 0 fully saturated rings. The maximum Gasteiger partial charge on any atom is 0.240 e. The summed E-state index contributed by atoms with van der Waals surface area (Å²) in [5, 5.41) is 0.472. The molecular weight excluding hydrogens is 340 g/mol. The van der Waals surface area contributed by atoms with Gasteiger partial charge in [0.25, 0.3) is 0 Å². The minimum Gasteiger partial charge on any atom is -0.367 e. The summed E-state index contributed by atoms with van der Waals surface area (Å²) in [7, 11) is -3.53. The molecule has 0 saturated heterocycles. The zero-order valence-electron chi connectivity index (χ0n) is 9.15. The first-order valence-corrected chi connectivity index (χ1v) is 7.71. The highest BCUT2D eigenvalue weighted by Gasteiger charge is 2.14. The Balaban J connectivity index is 2.17. The van der Waals surface area contributed by atoms with Gasteiger partial charge < -0.3 is 4.98 Å². The summed E-state index contributed by atoms with van der Waals surface area (Å²) < 4.78 is 27.1. The van der Waals surface area contributed by atoms with Crippen molar-refractivity contribution in [2.45, 2.75) is 11.4 Å². The van der Waals surface area contributed by atoms with Crippen LogP contribution in [-0.2, 0) is 16.6 Å². The first kappa shape index (κ1) is 13.6. The molecule has 1 aromatic heterocycles. The Morgan fingerprint density at radius 3 is 2.72 bits per heavy atom. The second kappa shape index (κ2) is 5.44. The van der Waals surface area contributed by atoms with E-state index in [4.69, 9.17) is 11.6 Å². The van der Waals surface area contributed by atoms with Crippen LogP contribution in [0.2, 0.25) is 5.02 Å². The van der Waals surface area contributed by atoms with Gasteiger partial charge >= 0.3 is 0 Å². The molecule has 96 valence electrons. The third kappa shape index (κ3) is 3.14. The minimum absolute atomic E-state index is 0.175. The number of hydrogen-bond acceptors (Lipinski definition) is 2. The molecule has 4 nitrogen and oxygen atoms in total. The molecule has 0 aliphatic heterocycles. The predicted molar refractivity (Wildman–Crippen MR) is 74.0 cm³/mol. The number of sulfonamides is 1. The van der Waals surface area contributed by atoms with Crippen LogP contribution in [0.3, 0.4) is 0 Å². The van der Waals surface area contributed by atoms with E-state index < -0.39 is 10.0 Å². The van der Waals surface area contributed by atoms with E-state index >= 15 is 0 Å². The van der Waals surface area contributed by atoms with Gasteiger partial charge in [0.2, 0.25) is 10.0 Å². The lowest BCUT2D eigenvalue weighted by Gasteiger charge is -2.06. The molecule has 2 rings (SSSR count). The maximum atomic E-state index is 12.0. The van der Waals surface area contributed by atoms with Crippen molar-refractivity contribution in [1.29, 1.82) is 0 Å². The van der Waals surface area contributed by atoms with Crippen LogP contribution >= 0.6 is 27.5 Å². The number of benzene rings is 1. The molecule has 7 heteroatoms. The number of halogens is 2. The summed E-state index contributed by atoms with van der Waals surface area (Å²) in [4.78, 5) is 3.04. The van der Waals surface area contributed by atoms with Gasteiger partial charge in [-0.05, 0) is 45.8 Å². The minimum atomic E-state index is -3.53. The van der Waals surface area contributed by atoms with Crippen LogP contribution in [0.15, 0.2) is 46.0 Å². The monoisotopic (exact) mass is 348 g/mol. The molecule has 0 saturated carbocycles. The van der Waals surface area contributed by atoms with E-state index in [1.807, 2.05) is 0 Å². The SMILES string of the molecule is O=S(=O)(NCc1cc[nH]c1)c1ccc(Cl)c(Br)c1. The number of hydrogen-bond donors (Lipinski definition) is 2. The van der Waals surface area contributed by atoms with Gasteiger partial charge in [-0.15, -0.1) is 0 Å². The van der Waals surface area contributed by atoms with E-state index in [0.717, 1.165) is 5.56 Å². The van der Waals surface area contributed by atoms with Crippen LogP contribution in [0.4, 0.5) is 0 Å². The zero-order valence-corrected chi connectivity index (χ0v) is 12.3. The van der Waals surface area contributed by atoms with E-state index in [0.29, 0.717) is 9.50 Å². The van der Waals surface area contributed by atoms with Crippen molar-refractivity contribution >= 4 is 37.6 Å². The number of H-pyrrole nitrogens is 1. The fourth-order valence-electron chi connectivity index (χ4n) is 1.37. The molecule has 0 aliphatic carbocycles. The molecule has 18 heavy (non-hydrogen) atoms. The Bertz CT molecular complexity index is 641. The highest BCUT2D eigenvalue weighted by molar-refractivity contribution is 9.10. The molecule has 0 amide bonds. The molecule has 2 N–H and O–H groups in total. The summed E-state index contributed by atoms with van der Waals surface area (Å²) >= 11 is 9.02. The summed E-state index contributed by atoms with van der Waals surface area (Å²) in [6.45, 7) is 0.242. The van der Waals surface area contributed by atoms with E-state index in [-0.39, 0.29) is 11.4 Å². The van der Waals surface area contributed by atoms with Crippen LogP contribution in [0, 0.1) is 0 Å². The normalized spacial score (nSPS) is 11.7. The molecule has 2 aromatic rings. The Kier molecular flexibility index (Phi) is 4.11. The zero-order chi connectivity index (χ0) is 13.2. The third-order valence-corrected chi connectivity index (χ3v) is 4.94. The Labute approximate surface area is 119 Å². The molecule has 0 unspecified atom stereocenters. The van der Waals surface area contributed by atoms with E-state index in [2.05, 4.69) is 25.6 Å². The van der Waals surface area contributed by atoms with Crippen molar-refractivity contribution in [2.24, 2.45) is 0 Å². The molecular formula is C11H10BrClN2O2S. The molecule has 0 bridgehead atoms. The smallest absolute Gasteiger partial charge is 0.240 e. The molecule has 1 aromatic carbocycles. The molecule has 1 heterocycles. The van der Waals surface area contributed by atoms with Gasteiger partial charge in [0, 0.05) is 23.4 Å². The van der Waals surface area contributed by atoms with E-state index in [9.17, 15) is 8.42 Å². The Morgan fingerprint density at radius 2 is 2.11 bits per heavy atom. The summed E-state index contributed by atoms with van der Waals surface area (Å²) in [6.07, 6.45) is 3.48. The van der Waals surface area contributed by atoms with Gasteiger partial charge in [-0.3, -0.25) is 0 Å². The van der Waals surface area contributed by atoms with Crippen molar-refractivity contribution in [3.63, 3.8) is 0 Å². The summed E-state index contributed by atoms with van der Waals surface area (Å²) in [5.74, 6) is 0. The van der Waals surface area contributed by atoms with Crippen LogP contribution in [0.5, 0.6) is 0 Å². The van der Waals surface area contributed by atoms with Gasteiger partial charge in [-0.25, -0.2) is 13.1 Å². The second-order valence-corrected chi connectivity index (χ2v) is 6.65. The van der Waals surface area contributed by atoms with Gasteiger partial charge in [-0.1, -0.05) is 11.6 Å². The maximum absolute atomic E-state index is 12.0. The molecule has 0 aliphatic rings.